The van der Waals surface area contributed by atoms with E-state index in [1.54, 1.807) is 31.2 Å². The lowest BCUT2D eigenvalue weighted by atomic mass is 10.1. The summed E-state index contributed by atoms with van der Waals surface area (Å²) in [6.07, 6.45) is 0. The number of hydrogen-bond donors (Lipinski definition) is 2. The van der Waals surface area contributed by atoms with Crippen LogP contribution in [-0.2, 0) is 11.3 Å². The number of carbonyl (C=O) groups excluding carboxylic acids is 1. The van der Waals surface area contributed by atoms with Crippen molar-refractivity contribution in [1.82, 2.24) is 0 Å². The predicted molar refractivity (Wildman–Crippen MR) is 96.5 cm³/mol. The highest BCUT2D eigenvalue weighted by Gasteiger charge is 2.20. The van der Waals surface area contributed by atoms with Crippen LogP contribution in [0.1, 0.15) is 21.7 Å². The second kappa shape index (κ2) is 7.46. The largest absolute Gasteiger partial charge is 0.595 e. The van der Waals surface area contributed by atoms with E-state index in [1.807, 2.05) is 0 Å². The number of nitrogens with one attached hydrogen (secondary N) is 1. The number of methoxy groups -OCH3 is 1. The molecule has 1 atom stereocenters. The van der Waals surface area contributed by atoms with Crippen molar-refractivity contribution in [2.75, 3.05) is 7.11 Å². The van der Waals surface area contributed by atoms with Crippen LogP contribution in [0.25, 0.3) is 11.0 Å². The van der Waals surface area contributed by atoms with Gasteiger partial charge in [0.25, 0.3) is 0 Å². The third kappa shape index (κ3) is 3.58. The highest BCUT2D eigenvalue weighted by atomic mass is 79.9. The van der Waals surface area contributed by atoms with Crippen molar-refractivity contribution in [3.8, 4) is 5.75 Å². The normalized spacial score (nSPS) is 12.2. The van der Waals surface area contributed by atoms with Crippen molar-refractivity contribution in [3.63, 3.8) is 0 Å². The fraction of sp³-hybridized carbons (Fsp3) is 0.167. The van der Waals surface area contributed by atoms with Crippen molar-refractivity contribution in [1.29, 1.82) is 0 Å². The van der Waals surface area contributed by atoms with Crippen molar-refractivity contribution >= 4 is 38.6 Å². The molecule has 2 N–H and O–H groups in total. The van der Waals surface area contributed by atoms with E-state index in [2.05, 4.69) is 15.9 Å². The summed E-state index contributed by atoms with van der Waals surface area (Å²) in [6, 6.07) is 9.88. The van der Waals surface area contributed by atoms with Crippen molar-refractivity contribution < 1.29 is 29.1 Å². The molecule has 1 aromatic heterocycles. The summed E-state index contributed by atoms with van der Waals surface area (Å²) in [5.74, 6) is 0.532. The van der Waals surface area contributed by atoms with Gasteiger partial charge >= 0.3 is 5.97 Å². The second-order valence-corrected chi connectivity index (χ2v) is 6.45. The zero-order chi connectivity index (χ0) is 18.8. The summed E-state index contributed by atoms with van der Waals surface area (Å²) < 4.78 is 16.9. The van der Waals surface area contributed by atoms with Gasteiger partial charge in [-0.3, -0.25) is 0 Å². The van der Waals surface area contributed by atoms with Crippen LogP contribution in [0.2, 0.25) is 0 Å². The first-order valence-electron chi connectivity index (χ1n) is 7.66. The zero-order valence-corrected chi connectivity index (χ0v) is 15.6. The summed E-state index contributed by atoms with van der Waals surface area (Å²) in [4.78, 5) is 12.0. The number of aryl methyl sites for hydroxylation is 1. The monoisotopic (exact) mass is 421 g/mol. The molecule has 0 spiro atoms. The molecule has 0 aliphatic heterocycles. The fourth-order valence-corrected chi connectivity index (χ4v) is 3.03. The Morgan fingerprint density at radius 2 is 2.00 bits per heavy atom. The van der Waals surface area contributed by atoms with E-state index in [4.69, 9.17) is 19.1 Å². The van der Waals surface area contributed by atoms with Gasteiger partial charge in [0, 0.05) is 17.5 Å². The van der Waals surface area contributed by atoms with E-state index in [-0.39, 0.29) is 12.3 Å². The smallest absolute Gasteiger partial charge is 0.342 e. The Labute approximate surface area is 157 Å². The zero-order valence-electron chi connectivity index (χ0n) is 14.0. The first-order valence-corrected chi connectivity index (χ1v) is 8.46. The summed E-state index contributed by atoms with van der Waals surface area (Å²) in [6.45, 7) is 1.94. The number of fused-ring (bicyclic) bond motifs is 1. The van der Waals surface area contributed by atoms with Crippen molar-refractivity contribution in [3.05, 3.63) is 63.0 Å². The van der Waals surface area contributed by atoms with E-state index in [0.29, 0.717) is 32.5 Å². The third-order valence-electron chi connectivity index (χ3n) is 3.90. The minimum Gasteiger partial charge on any atom is -0.595 e. The summed E-state index contributed by atoms with van der Waals surface area (Å²) in [7, 11) is 1.32. The topological polar surface area (TPSA) is 96.4 Å². The minimum absolute atomic E-state index is 0.216. The number of hydrogen-bond acceptors (Lipinski definition) is 6. The Morgan fingerprint density at radius 1 is 1.31 bits per heavy atom. The minimum atomic E-state index is -0.976. The SMILES string of the molecule is COC(=O)c1c(C)oc2cc(Br)c(OCc3ccc([NH+]([O-])O)cc3)cc12. The number of rotatable bonds is 5. The van der Waals surface area contributed by atoms with Crippen LogP contribution < -0.4 is 9.96 Å². The quantitative estimate of drug-likeness (QED) is 0.484. The van der Waals surface area contributed by atoms with Gasteiger partial charge in [0.1, 0.15) is 29.3 Å². The highest BCUT2D eigenvalue weighted by molar-refractivity contribution is 9.10. The van der Waals surface area contributed by atoms with E-state index < -0.39 is 11.2 Å². The van der Waals surface area contributed by atoms with Crippen LogP contribution in [0.5, 0.6) is 5.75 Å². The van der Waals surface area contributed by atoms with Gasteiger partial charge in [0.15, 0.2) is 5.69 Å². The molecule has 0 bridgehead atoms. The number of quaternary nitrogens is 1. The number of benzene rings is 2. The molecule has 0 radical (unpaired) electrons. The van der Waals surface area contributed by atoms with Crippen LogP contribution in [0.15, 0.2) is 45.3 Å². The Balaban J connectivity index is 1.87. The Bertz CT molecular complexity index is 948. The lowest BCUT2D eigenvalue weighted by molar-refractivity contribution is -0.991. The van der Waals surface area contributed by atoms with Crippen molar-refractivity contribution in [2.45, 2.75) is 13.5 Å². The van der Waals surface area contributed by atoms with Gasteiger partial charge in [-0.15, -0.1) is 0 Å². The first kappa shape index (κ1) is 18.4. The molecular weight excluding hydrogens is 406 g/mol. The van der Waals surface area contributed by atoms with Crippen molar-refractivity contribution in [2.24, 2.45) is 0 Å². The number of furan rings is 1. The summed E-state index contributed by atoms with van der Waals surface area (Å²) in [5, 5.41) is 19.4. The molecule has 2 aromatic carbocycles. The number of esters is 1. The molecule has 3 aromatic rings. The maximum absolute atomic E-state index is 12.0. The highest BCUT2D eigenvalue weighted by Crippen LogP contribution is 2.35. The maximum Gasteiger partial charge on any atom is 0.342 e. The molecule has 0 aliphatic carbocycles. The third-order valence-corrected chi connectivity index (χ3v) is 4.52. The number of ether oxygens (including phenoxy) is 2. The van der Waals surface area contributed by atoms with E-state index in [0.717, 1.165) is 5.56 Å². The van der Waals surface area contributed by atoms with Gasteiger partial charge in [0.2, 0.25) is 0 Å². The second-order valence-electron chi connectivity index (χ2n) is 5.59. The Hall–Kier alpha value is -2.39. The lowest BCUT2D eigenvalue weighted by Gasteiger charge is -2.12. The van der Waals surface area contributed by atoms with Crippen LogP contribution in [0, 0.1) is 12.1 Å². The van der Waals surface area contributed by atoms with Crippen LogP contribution in [0.4, 0.5) is 5.69 Å². The molecule has 7 nitrogen and oxygen atoms in total. The molecule has 136 valence electrons. The molecule has 0 aliphatic rings. The standard InChI is InChI=1S/C18H16BrNO6/c1-10-17(18(21)24-2)13-7-16(14(19)8-15(13)26-10)25-9-11-3-5-12(6-4-11)20(22)23/h3-8,20,22H,9H2,1-2H3. The molecule has 1 unspecified atom stereocenters. The van der Waals surface area contributed by atoms with Crippen LogP contribution in [0.3, 0.4) is 0 Å². The number of carbonyl (C=O) groups is 1. The van der Waals surface area contributed by atoms with Crippen LogP contribution >= 0.6 is 15.9 Å². The lowest BCUT2D eigenvalue weighted by Crippen LogP contribution is -2.99. The average Bonchev–Trinajstić information content (AvgIpc) is 2.94. The van der Waals surface area contributed by atoms with Gasteiger partial charge in [-0.25, -0.2) is 10.0 Å². The molecule has 0 saturated heterocycles. The molecule has 0 fully saturated rings. The molecule has 0 saturated carbocycles. The molecule has 1 heterocycles. The maximum atomic E-state index is 12.0. The van der Waals surface area contributed by atoms with E-state index in [1.165, 1.54) is 19.2 Å². The summed E-state index contributed by atoms with van der Waals surface area (Å²) >= 11 is 3.43. The molecule has 3 rings (SSSR count). The number of halogens is 1. The van der Waals surface area contributed by atoms with Gasteiger partial charge in [-0.2, -0.15) is 5.23 Å². The molecule has 26 heavy (non-hydrogen) atoms. The van der Waals surface area contributed by atoms with E-state index in [9.17, 15) is 10.0 Å². The fourth-order valence-electron chi connectivity index (χ4n) is 2.59. The van der Waals surface area contributed by atoms with Gasteiger partial charge in [-0.05, 0) is 52.7 Å². The summed E-state index contributed by atoms with van der Waals surface area (Å²) in [5.41, 5.74) is 1.95. The van der Waals surface area contributed by atoms with E-state index >= 15 is 0 Å². The molecular formula is C18H16BrNO6. The van der Waals surface area contributed by atoms with Gasteiger partial charge in [0.05, 0.1) is 11.6 Å². The van der Waals surface area contributed by atoms with Gasteiger partial charge in [-0.1, -0.05) is 0 Å². The van der Waals surface area contributed by atoms with Crippen LogP contribution in [-0.4, -0.2) is 18.3 Å². The molecule has 8 heteroatoms. The predicted octanol–water partition coefficient (Wildman–Crippen LogP) is 3.27. The molecule has 0 amide bonds. The first-order chi connectivity index (χ1) is 12.4. The Kier molecular flexibility index (Phi) is 5.28. The average molecular weight is 422 g/mol. The Morgan fingerprint density at radius 3 is 2.62 bits per heavy atom. The van der Waals surface area contributed by atoms with Gasteiger partial charge < -0.3 is 19.1 Å².